The molecule has 6 aliphatic carbocycles. The normalized spacial score (nSPS) is 26.3. The number of hydrogen-bond donors (Lipinski definition) is 3. The van der Waals surface area contributed by atoms with Crippen molar-refractivity contribution in [3.8, 4) is 33.4 Å². The molecule has 3 N–H and O–H groups in total. The number of nitrogens with one attached hydrogen (secondary N) is 3. The highest BCUT2D eigenvalue weighted by atomic mass is 16.1. The van der Waals surface area contributed by atoms with Crippen molar-refractivity contribution in [2.45, 2.75) is 89.1 Å². The van der Waals surface area contributed by atoms with Crippen LogP contribution in [-0.2, 0) is 25.9 Å². The number of aromatic amines is 3. The molecule has 0 radical (unpaired) electrons. The van der Waals surface area contributed by atoms with E-state index < -0.39 is 0 Å². The van der Waals surface area contributed by atoms with Crippen molar-refractivity contribution < 1.29 is 4.79 Å². The lowest BCUT2D eigenvalue weighted by atomic mass is 9.70. The molecule has 6 bridgehead atoms. The second-order valence-corrected chi connectivity index (χ2v) is 27.3. The molecule has 0 spiro atoms. The number of pyridine rings is 3. The number of carbonyl (C=O) groups excluding carboxylic acids is 1. The van der Waals surface area contributed by atoms with Gasteiger partial charge in [0.05, 0.1) is 18.6 Å². The zero-order chi connectivity index (χ0) is 58.9. The number of fused-ring (bicyclic) bond motifs is 9. The molecule has 2 saturated heterocycles. The number of rotatable bonds is 8. The van der Waals surface area contributed by atoms with Crippen molar-refractivity contribution in [1.82, 2.24) is 78.8 Å². The molecule has 2 aliphatic heterocycles. The van der Waals surface area contributed by atoms with Crippen LogP contribution in [0.25, 0.3) is 83.2 Å². The lowest BCUT2D eigenvalue weighted by Crippen LogP contribution is -2.51. The molecule has 8 aliphatic rings. The summed E-state index contributed by atoms with van der Waals surface area (Å²) in [5, 5.41) is 16.5. The predicted molar refractivity (Wildman–Crippen MR) is 346 cm³/mol. The standard InChI is InChI=1S/2C25H32N6.C20H20N4O/c2*1-29-3-5-31(6-4-29)22-10-17-7-18(11-22)9-19(8-17)20-12-23-24(15-27-25(23)26-13-20)21-14-28-30(2)16-21;1-24-11-16(9-23-24)19-10-22-20-18(19)7-15(8-21-20)14-3-12-2-13(4-14)6-17(25)5-12/h2*8,12-18,22H,3-7,9-11H2,1-2H3,(H,26,27);3,7-13H,2,4-6H2,1H3,(H,21,22). The van der Waals surface area contributed by atoms with Gasteiger partial charge in [0.25, 0.3) is 0 Å². The molecule has 8 atom stereocenters. The second kappa shape index (κ2) is 23.5. The Hall–Kier alpha value is -7.57. The van der Waals surface area contributed by atoms with Gasteiger partial charge in [-0.15, -0.1) is 0 Å². The third kappa shape index (κ3) is 11.8. The van der Waals surface area contributed by atoms with Crippen molar-refractivity contribution in [3.05, 3.63) is 127 Å². The van der Waals surface area contributed by atoms with E-state index in [-0.39, 0.29) is 0 Å². The maximum atomic E-state index is 11.8. The van der Waals surface area contributed by atoms with Gasteiger partial charge in [-0.2, -0.15) is 15.3 Å². The maximum absolute atomic E-state index is 11.8. The fraction of sp³-hybridized carbons (Fsp3) is 0.471. The molecule has 3 saturated carbocycles. The first-order valence-corrected chi connectivity index (χ1v) is 32.3. The third-order valence-electron chi connectivity index (χ3n) is 21.0. The van der Waals surface area contributed by atoms with Gasteiger partial charge in [0.15, 0.2) is 0 Å². The van der Waals surface area contributed by atoms with Crippen LogP contribution in [0.5, 0.6) is 0 Å². The summed E-state index contributed by atoms with van der Waals surface area (Å²) in [5.41, 5.74) is 17.8. The summed E-state index contributed by atoms with van der Waals surface area (Å²) in [6.07, 6.45) is 45.7. The number of aryl methyl sites for hydroxylation is 3. The third-order valence-corrected chi connectivity index (χ3v) is 21.0. The quantitative estimate of drug-likeness (QED) is 0.132. The number of nitrogens with zero attached hydrogens (tertiary/aromatic N) is 13. The molecule has 17 rings (SSSR count). The van der Waals surface area contributed by atoms with E-state index in [1.165, 1.54) is 159 Å². The van der Waals surface area contributed by atoms with E-state index in [0.29, 0.717) is 35.9 Å². The number of H-pyrrole nitrogens is 3. The average molecular weight is 1170 g/mol. The molecule has 11 heterocycles. The largest absolute Gasteiger partial charge is 0.346 e. The predicted octanol–water partition coefficient (Wildman–Crippen LogP) is 11.3. The molecule has 9 aromatic heterocycles. The van der Waals surface area contributed by atoms with Gasteiger partial charge >= 0.3 is 0 Å². The number of likely N-dealkylation sites (N-methyl/N-ethyl adjacent to an activating group) is 2. The van der Waals surface area contributed by atoms with Gasteiger partial charge in [0.2, 0.25) is 0 Å². The summed E-state index contributed by atoms with van der Waals surface area (Å²) in [5.74, 6) is 4.39. The summed E-state index contributed by atoms with van der Waals surface area (Å²) in [6, 6.07) is 8.46. The molecule has 5 fully saturated rings. The van der Waals surface area contributed by atoms with Gasteiger partial charge < -0.3 is 24.8 Å². The average Bonchev–Trinajstić information content (AvgIpc) is 2.68. The number of allylic oxidation sites excluding steroid dienone is 6. The Morgan fingerprint density at radius 3 is 1.11 bits per heavy atom. The number of ketones is 1. The maximum Gasteiger partial charge on any atom is 0.137 e. The molecular weight excluding hydrogens is 1080 g/mol. The number of carbonyl (C=O) groups is 1. The molecule has 87 heavy (non-hydrogen) atoms. The van der Waals surface area contributed by atoms with E-state index in [1.54, 1.807) is 0 Å². The van der Waals surface area contributed by atoms with Crippen molar-refractivity contribution >= 4 is 55.6 Å². The highest BCUT2D eigenvalue weighted by Gasteiger charge is 2.38. The molecule has 0 amide bonds. The number of hydrogen-bond acceptors (Lipinski definition) is 11. The van der Waals surface area contributed by atoms with Gasteiger partial charge in [-0.1, -0.05) is 18.2 Å². The Morgan fingerprint density at radius 2 is 0.759 bits per heavy atom. The zero-order valence-corrected chi connectivity index (χ0v) is 51.4. The van der Waals surface area contributed by atoms with Crippen LogP contribution in [0.3, 0.4) is 0 Å². The molecule has 17 heteroatoms. The van der Waals surface area contributed by atoms with Gasteiger partial charge in [-0.3, -0.25) is 28.6 Å². The van der Waals surface area contributed by atoms with Crippen LogP contribution >= 0.6 is 0 Å². The Labute approximate surface area is 510 Å². The fourth-order valence-electron chi connectivity index (χ4n) is 16.6. The van der Waals surface area contributed by atoms with E-state index in [2.05, 4.69) is 143 Å². The first-order chi connectivity index (χ1) is 42.4. The van der Waals surface area contributed by atoms with Crippen molar-refractivity contribution in [2.75, 3.05) is 66.5 Å². The minimum absolute atomic E-state index is 0.412. The lowest BCUT2D eigenvalue weighted by Gasteiger charge is -2.45. The van der Waals surface area contributed by atoms with Gasteiger partial charge in [0.1, 0.15) is 22.7 Å². The summed E-state index contributed by atoms with van der Waals surface area (Å²) in [6.45, 7) is 9.82. The fourth-order valence-corrected chi connectivity index (χ4v) is 16.6. The zero-order valence-electron chi connectivity index (χ0n) is 51.4. The smallest absolute Gasteiger partial charge is 0.137 e. The minimum atomic E-state index is 0.412. The second-order valence-electron chi connectivity index (χ2n) is 27.3. The minimum Gasteiger partial charge on any atom is -0.346 e. The van der Waals surface area contributed by atoms with Gasteiger partial charge in [-0.05, 0) is 165 Å². The summed E-state index contributed by atoms with van der Waals surface area (Å²) in [4.78, 5) is 46.4. The van der Waals surface area contributed by atoms with Crippen molar-refractivity contribution in [3.63, 3.8) is 0 Å². The Morgan fingerprint density at radius 1 is 0.391 bits per heavy atom. The van der Waals surface area contributed by atoms with Crippen LogP contribution in [0.4, 0.5) is 0 Å². The first-order valence-electron chi connectivity index (χ1n) is 32.3. The first kappa shape index (κ1) is 56.0. The Balaban J connectivity index is 0.000000111. The van der Waals surface area contributed by atoms with Crippen LogP contribution in [0.15, 0.2) is 111 Å². The van der Waals surface area contributed by atoms with E-state index in [0.717, 1.165) is 87.8 Å². The lowest BCUT2D eigenvalue weighted by molar-refractivity contribution is -0.122. The summed E-state index contributed by atoms with van der Waals surface area (Å²) in [7, 11) is 10.3. The highest BCUT2D eigenvalue weighted by molar-refractivity contribution is 5.97. The molecule has 450 valence electrons. The van der Waals surface area contributed by atoms with Crippen LogP contribution in [0.2, 0.25) is 0 Å². The van der Waals surface area contributed by atoms with Crippen LogP contribution in [0, 0.1) is 35.5 Å². The van der Waals surface area contributed by atoms with Crippen LogP contribution < -0.4 is 0 Å². The number of piperazine rings is 2. The van der Waals surface area contributed by atoms with E-state index >= 15 is 0 Å². The van der Waals surface area contributed by atoms with E-state index in [1.807, 2.05) is 72.4 Å². The topological polar surface area (TPSA) is 170 Å². The van der Waals surface area contributed by atoms with Crippen molar-refractivity contribution in [1.29, 1.82) is 0 Å². The molecule has 8 unspecified atom stereocenters. The molecule has 9 aromatic rings. The monoisotopic (exact) mass is 1160 g/mol. The molecular formula is C70H84N16O. The van der Waals surface area contributed by atoms with Crippen LogP contribution in [-0.4, -0.2) is 163 Å². The summed E-state index contributed by atoms with van der Waals surface area (Å²) < 4.78 is 5.52. The van der Waals surface area contributed by atoms with Gasteiger partial charge in [0, 0.05) is 204 Å². The van der Waals surface area contributed by atoms with Crippen molar-refractivity contribution in [2.24, 2.45) is 56.7 Å². The molecule has 0 aromatic carbocycles. The van der Waals surface area contributed by atoms with Gasteiger partial charge in [-0.25, -0.2) is 15.0 Å². The Kier molecular flexibility index (Phi) is 15.1. The van der Waals surface area contributed by atoms with Crippen LogP contribution in [0.1, 0.15) is 93.7 Å². The highest BCUT2D eigenvalue weighted by Crippen LogP contribution is 2.47. The summed E-state index contributed by atoms with van der Waals surface area (Å²) >= 11 is 0. The molecule has 17 nitrogen and oxygen atoms in total. The number of aromatic nitrogens is 12. The Bertz CT molecular complexity index is 3890. The number of Topliss-reactive ketones (excluding diaryl/α,β-unsaturated/α-hetero) is 1. The van der Waals surface area contributed by atoms with E-state index in [4.69, 9.17) is 9.97 Å². The van der Waals surface area contributed by atoms with E-state index in [9.17, 15) is 4.79 Å². The SMILES string of the molecule is CN1CCN(C2CC3C=C(c4cnc5[nH]cc(-c6cnn(C)c6)c5c4)CC(C3)C2)CC1.CN1CCN(C2CC3C=C(c4cnc5[nH]cc(-c6cnn(C)c6)c5c4)CC(C3)C2)CC1.Cn1cc(-c2c[nH]c3ncc(C4=CC5CC(=O)CC(C4)C5)cc23)cn1.